The summed E-state index contributed by atoms with van der Waals surface area (Å²) in [6, 6.07) is 10.1. The van der Waals surface area contributed by atoms with Crippen molar-refractivity contribution in [2.45, 2.75) is 6.54 Å². The Labute approximate surface area is 120 Å². The van der Waals surface area contributed by atoms with Crippen LogP contribution < -0.4 is 9.64 Å². The molecule has 4 nitrogen and oxygen atoms in total. The van der Waals surface area contributed by atoms with Gasteiger partial charge in [0.15, 0.2) is 5.15 Å². The van der Waals surface area contributed by atoms with Crippen molar-refractivity contribution in [2.75, 3.05) is 18.1 Å². The van der Waals surface area contributed by atoms with Gasteiger partial charge >= 0.3 is 0 Å². The quantitative estimate of drug-likeness (QED) is 0.810. The highest BCUT2D eigenvalue weighted by Gasteiger charge is 2.21. The molecule has 0 unspecified atom stereocenters. The van der Waals surface area contributed by atoms with Gasteiger partial charge in [-0.05, 0) is 17.6 Å². The Morgan fingerprint density at radius 2 is 2.26 bits per heavy atom. The average Bonchev–Trinajstić information content (AvgIpc) is 2.68. The number of anilines is 1. The second-order valence-corrected chi connectivity index (χ2v) is 5.25. The molecule has 2 aromatic rings. The molecule has 0 N–H and O–H groups in total. The number of nitriles is 1. The Kier molecular flexibility index (Phi) is 3.28. The number of fused-ring (bicyclic) bond motifs is 1. The molecule has 0 fully saturated rings. The lowest BCUT2D eigenvalue weighted by Gasteiger charge is -2.19. The van der Waals surface area contributed by atoms with Gasteiger partial charge < -0.3 is 9.64 Å². The zero-order chi connectivity index (χ0) is 13.2. The van der Waals surface area contributed by atoms with Crippen LogP contribution in [0, 0.1) is 11.3 Å². The van der Waals surface area contributed by atoms with Gasteiger partial charge in [-0.1, -0.05) is 29.8 Å². The maximum atomic E-state index is 9.16. The van der Waals surface area contributed by atoms with Gasteiger partial charge in [-0.15, -0.1) is 0 Å². The molecule has 0 bridgehead atoms. The summed E-state index contributed by atoms with van der Waals surface area (Å²) < 4.78 is 9.76. The van der Waals surface area contributed by atoms with Gasteiger partial charge in [0.2, 0.25) is 0 Å². The SMILES string of the molecule is N#Cc1c(Cl)nsc1N1CCOc2ccccc2C1. The molecule has 3 rings (SSSR count). The first-order valence-corrected chi connectivity index (χ1v) is 6.95. The minimum absolute atomic E-state index is 0.279. The van der Waals surface area contributed by atoms with Crippen molar-refractivity contribution in [1.82, 2.24) is 4.37 Å². The highest BCUT2D eigenvalue weighted by Crippen LogP contribution is 2.34. The van der Waals surface area contributed by atoms with Crippen molar-refractivity contribution in [1.29, 1.82) is 5.26 Å². The summed E-state index contributed by atoms with van der Waals surface area (Å²) in [6.45, 7) is 1.99. The van der Waals surface area contributed by atoms with E-state index in [4.69, 9.17) is 21.6 Å². The maximum absolute atomic E-state index is 9.16. The lowest BCUT2D eigenvalue weighted by molar-refractivity contribution is 0.332. The zero-order valence-corrected chi connectivity index (χ0v) is 11.5. The molecular formula is C13H10ClN3OS. The predicted molar refractivity (Wildman–Crippen MR) is 74.8 cm³/mol. The molecule has 0 aliphatic carbocycles. The third-order valence-corrected chi connectivity index (χ3v) is 4.27. The summed E-state index contributed by atoms with van der Waals surface area (Å²) in [5.74, 6) is 0.902. The van der Waals surface area contributed by atoms with Gasteiger partial charge in [-0.3, -0.25) is 0 Å². The highest BCUT2D eigenvalue weighted by atomic mass is 35.5. The Morgan fingerprint density at radius 1 is 1.42 bits per heavy atom. The number of halogens is 1. The number of ether oxygens (including phenoxy) is 1. The topological polar surface area (TPSA) is 49.2 Å². The van der Waals surface area contributed by atoms with E-state index in [0.717, 1.165) is 16.3 Å². The largest absolute Gasteiger partial charge is 0.491 e. The van der Waals surface area contributed by atoms with Crippen molar-refractivity contribution in [3.63, 3.8) is 0 Å². The van der Waals surface area contributed by atoms with E-state index < -0.39 is 0 Å². The standard InChI is InChI=1S/C13H10ClN3OS/c14-12-10(7-15)13(19-16-12)17-5-6-18-11-4-2-1-3-9(11)8-17/h1-4H,5-6,8H2. The van der Waals surface area contributed by atoms with Gasteiger partial charge in [0.1, 0.15) is 29.0 Å². The molecule has 0 atom stereocenters. The number of benzene rings is 1. The normalized spacial score (nSPS) is 14.2. The van der Waals surface area contributed by atoms with Crippen molar-refractivity contribution in [2.24, 2.45) is 0 Å². The molecule has 19 heavy (non-hydrogen) atoms. The van der Waals surface area contributed by atoms with Crippen molar-refractivity contribution >= 4 is 28.1 Å². The summed E-state index contributed by atoms with van der Waals surface area (Å²) in [7, 11) is 0. The summed E-state index contributed by atoms with van der Waals surface area (Å²) in [6.07, 6.45) is 0. The monoisotopic (exact) mass is 291 g/mol. The van der Waals surface area contributed by atoms with Crippen molar-refractivity contribution in [3.05, 3.63) is 40.5 Å². The first kappa shape index (κ1) is 12.3. The Bertz CT molecular complexity index is 650. The molecule has 1 aliphatic heterocycles. The zero-order valence-electron chi connectivity index (χ0n) is 9.97. The van der Waals surface area contributed by atoms with Crippen LogP contribution in [0.1, 0.15) is 11.1 Å². The number of rotatable bonds is 1. The molecule has 6 heteroatoms. The summed E-state index contributed by atoms with van der Waals surface area (Å²) in [4.78, 5) is 2.09. The fourth-order valence-corrected chi connectivity index (χ4v) is 3.13. The van der Waals surface area contributed by atoms with E-state index in [1.54, 1.807) is 0 Å². The van der Waals surface area contributed by atoms with Crippen molar-refractivity contribution in [3.8, 4) is 11.8 Å². The van der Waals surface area contributed by atoms with Crippen LogP contribution in [0.3, 0.4) is 0 Å². The smallest absolute Gasteiger partial charge is 0.162 e. The fraction of sp³-hybridized carbons (Fsp3) is 0.231. The van der Waals surface area contributed by atoms with Crippen LogP contribution in [0.2, 0.25) is 5.15 Å². The fourth-order valence-electron chi connectivity index (χ4n) is 2.07. The van der Waals surface area contributed by atoms with E-state index >= 15 is 0 Å². The van der Waals surface area contributed by atoms with Crippen LogP contribution >= 0.6 is 23.1 Å². The molecule has 0 saturated heterocycles. The third kappa shape index (κ3) is 2.25. The third-order valence-electron chi connectivity index (χ3n) is 2.98. The molecule has 1 aromatic carbocycles. The average molecular weight is 292 g/mol. The van der Waals surface area contributed by atoms with Gasteiger partial charge in [0.05, 0.1) is 6.54 Å². The van der Waals surface area contributed by atoms with E-state index in [1.165, 1.54) is 11.5 Å². The molecule has 0 spiro atoms. The Balaban J connectivity index is 1.97. The second-order valence-electron chi connectivity index (χ2n) is 4.14. The molecule has 1 aliphatic rings. The first-order valence-electron chi connectivity index (χ1n) is 5.80. The highest BCUT2D eigenvalue weighted by molar-refractivity contribution is 7.10. The van der Waals surface area contributed by atoms with Crippen LogP contribution in [0.15, 0.2) is 24.3 Å². The molecule has 2 heterocycles. The number of hydrogen-bond donors (Lipinski definition) is 0. The minimum Gasteiger partial charge on any atom is -0.491 e. The van der Waals surface area contributed by atoms with Gasteiger partial charge in [0.25, 0.3) is 0 Å². The maximum Gasteiger partial charge on any atom is 0.162 e. The van der Waals surface area contributed by atoms with Gasteiger partial charge in [-0.2, -0.15) is 9.64 Å². The Morgan fingerprint density at radius 3 is 3.11 bits per heavy atom. The van der Waals surface area contributed by atoms with Crippen LogP contribution in [-0.2, 0) is 6.54 Å². The van der Waals surface area contributed by atoms with Crippen LogP contribution in [0.5, 0.6) is 5.75 Å². The van der Waals surface area contributed by atoms with Crippen LogP contribution in [0.25, 0.3) is 0 Å². The van der Waals surface area contributed by atoms with Crippen molar-refractivity contribution < 1.29 is 4.74 Å². The summed E-state index contributed by atoms with van der Waals surface area (Å²) >= 11 is 7.18. The van der Waals surface area contributed by atoms with Gasteiger partial charge in [-0.25, -0.2) is 0 Å². The second kappa shape index (κ2) is 5.08. The number of hydrogen-bond acceptors (Lipinski definition) is 5. The molecular weight excluding hydrogens is 282 g/mol. The summed E-state index contributed by atoms with van der Waals surface area (Å²) in [5.41, 5.74) is 1.56. The molecule has 0 amide bonds. The predicted octanol–water partition coefficient (Wildman–Crippen LogP) is 3.07. The van der Waals surface area contributed by atoms with E-state index in [0.29, 0.717) is 25.3 Å². The van der Waals surface area contributed by atoms with E-state index in [-0.39, 0.29) is 5.15 Å². The van der Waals surface area contributed by atoms with Crippen LogP contribution in [-0.4, -0.2) is 17.5 Å². The minimum atomic E-state index is 0.279. The molecule has 0 radical (unpaired) electrons. The molecule has 1 aromatic heterocycles. The lowest BCUT2D eigenvalue weighted by atomic mass is 10.2. The number of aromatic nitrogens is 1. The first-order chi connectivity index (χ1) is 9.29. The van der Waals surface area contributed by atoms with E-state index in [9.17, 15) is 0 Å². The molecule has 0 saturated carbocycles. The van der Waals surface area contributed by atoms with Crippen LogP contribution in [0.4, 0.5) is 5.00 Å². The van der Waals surface area contributed by atoms with E-state index in [1.807, 2.05) is 24.3 Å². The summed E-state index contributed by atoms with van der Waals surface area (Å²) in [5, 5.41) is 10.3. The number of para-hydroxylation sites is 1. The molecule has 96 valence electrons. The lowest BCUT2D eigenvalue weighted by Crippen LogP contribution is -2.25. The Hall–Kier alpha value is -1.77. The van der Waals surface area contributed by atoms with E-state index in [2.05, 4.69) is 15.3 Å². The van der Waals surface area contributed by atoms with Gasteiger partial charge in [0, 0.05) is 12.1 Å². The number of nitrogens with zero attached hydrogens (tertiary/aromatic N) is 3.